The Balaban J connectivity index is 1.60. The maximum atomic E-state index is 13.9. The van der Waals surface area contributed by atoms with E-state index in [1.807, 2.05) is 6.08 Å². The van der Waals surface area contributed by atoms with Gasteiger partial charge in [-0.25, -0.2) is 4.79 Å². The van der Waals surface area contributed by atoms with Gasteiger partial charge in [0.15, 0.2) is 11.5 Å². The number of benzene rings is 1. The summed E-state index contributed by atoms with van der Waals surface area (Å²) in [4.78, 5) is 53.5. The summed E-state index contributed by atoms with van der Waals surface area (Å²) in [5.41, 5.74) is -0.0189. The van der Waals surface area contributed by atoms with Crippen LogP contribution in [0.4, 0.5) is 0 Å². The molecule has 1 saturated heterocycles. The maximum absolute atomic E-state index is 13.9. The first-order valence-electron chi connectivity index (χ1n) is 23.7. The monoisotopic (exact) mass is 841 g/mol. The minimum Gasteiger partial charge on any atom is -0.459 e. The fourth-order valence-corrected chi connectivity index (χ4v) is 8.08. The van der Waals surface area contributed by atoms with E-state index < -0.39 is 24.0 Å². The number of ether oxygens (including phenoxy) is 4. The molecule has 1 aromatic rings. The SMILES string of the molecule is CCCCCCCCCCCCCCCC(=O)Oc1cc(OC(=O)CCCCCCCCCCCCCCC)c2c(c1Cl)CC(=O)/C=C/C=C\C1OC1CC(C)OC2=O. The van der Waals surface area contributed by atoms with E-state index in [0.717, 1.165) is 38.5 Å². The van der Waals surface area contributed by atoms with Gasteiger partial charge in [0.25, 0.3) is 0 Å². The maximum Gasteiger partial charge on any atom is 0.342 e. The first-order chi connectivity index (χ1) is 28.7. The Hall–Kier alpha value is -2.97. The van der Waals surface area contributed by atoms with E-state index in [0.29, 0.717) is 19.3 Å². The lowest BCUT2D eigenvalue weighted by atomic mass is 9.99. The summed E-state index contributed by atoms with van der Waals surface area (Å²) >= 11 is 6.88. The largest absolute Gasteiger partial charge is 0.459 e. The summed E-state index contributed by atoms with van der Waals surface area (Å²) < 4.78 is 23.2. The summed E-state index contributed by atoms with van der Waals surface area (Å²) in [5, 5.41) is -0.0606. The molecule has 0 aromatic heterocycles. The van der Waals surface area contributed by atoms with Crippen LogP contribution < -0.4 is 9.47 Å². The second-order valence-corrected chi connectivity index (χ2v) is 17.3. The zero-order valence-corrected chi connectivity index (χ0v) is 37.7. The van der Waals surface area contributed by atoms with Crippen molar-refractivity contribution in [3.05, 3.63) is 46.5 Å². The molecule has 2 aliphatic rings. The third-order valence-electron chi connectivity index (χ3n) is 11.5. The molecule has 0 aliphatic carbocycles. The molecule has 0 N–H and O–H groups in total. The van der Waals surface area contributed by atoms with E-state index in [1.54, 1.807) is 19.1 Å². The number of carbonyl (C=O) groups excluding carboxylic acids is 4. The molecule has 0 saturated carbocycles. The van der Waals surface area contributed by atoms with E-state index in [-0.39, 0.29) is 64.9 Å². The van der Waals surface area contributed by atoms with Crippen molar-refractivity contribution >= 4 is 35.3 Å². The standard InChI is InChI=1S/C50H77ClO8/c1-4-6-8-10-12-14-16-18-20-22-24-26-28-34-46(53)58-44-38-45(59-47(54)35-29-27-25-23-21-19-17-15-13-11-9-7-5-2)49(51)41-37-40(52)32-30-31-33-42-43(57-42)36-39(3)56-50(55)48(41)44/h30-33,38-39,42-43H,4-29,34-37H2,1-3H3/b32-30+,33-31-. The summed E-state index contributed by atoms with van der Waals surface area (Å²) in [7, 11) is 0. The molecule has 0 radical (unpaired) electrons. The Labute approximate surface area is 362 Å². The predicted molar refractivity (Wildman–Crippen MR) is 238 cm³/mol. The number of unbranched alkanes of at least 4 members (excludes halogenated alkanes) is 24. The minimum absolute atomic E-state index is 0.0540. The van der Waals surface area contributed by atoms with Crippen molar-refractivity contribution in [1.82, 2.24) is 0 Å². The van der Waals surface area contributed by atoms with Gasteiger partial charge in [-0.15, -0.1) is 0 Å². The van der Waals surface area contributed by atoms with Gasteiger partial charge < -0.3 is 18.9 Å². The number of halogens is 1. The highest BCUT2D eigenvalue weighted by Crippen LogP contribution is 2.40. The Morgan fingerprint density at radius 3 is 1.56 bits per heavy atom. The van der Waals surface area contributed by atoms with Gasteiger partial charge in [0.2, 0.25) is 0 Å². The molecular weight excluding hydrogens is 764 g/mol. The van der Waals surface area contributed by atoms with Crippen molar-refractivity contribution in [3.63, 3.8) is 0 Å². The predicted octanol–water partition coefficient (Wildman–Crippen LogP) is 14.1. The lowest BCUT2D eigenvalue weighted by molar-refractivity contribution is -0.135. The van der Waals surface area contributed by atoms with Crippen LogP contribution in [0, 0.1) is 0 Å². The Morgan fingerprint density at radius 1 is 0.644 bits per heavy atom. The number of rotatable bonds is 30. The quantitative estimate of drug-likeness (QED) is 0.0326. The zero-order valence-electron chi connectivity index (χ0n) is 37.0. The third-order valence-corrected chi connectivity index (χ3v) is 11.9. The molecule has 3 unspecified atom stereocenters. The number of esters is 3. The second-order valence-electron chi connectivity index (χ2n) is 17.0. The summed E-state index contributed by atoms with van der Waals surface area (Å²) in [6.07, 6.45) is 37.4. The molecule has 2 aliphatic heterocycles. The van der Waals surface area contributed by atoms with Gasteiger partial charge in [-0.3, -0.25) is 14.4 Å². The van der Waals surface area contributed by atoms with Gasteiger partial charge in [-0.2, -0.15) is 0 Å². The van der Waals surface area contributed by atoms with Crippen LogP contribution in [0.2, 0.25) is 5.02 Å². The van der Waals surface area contributed by atoms with E-state index in [1.165, 1.54) is 128 Å². The van der Waals surface area contributed by atoms with Crippen molar-refractivity contribution in [1.29, 1.82) is 0 Å². The van der Waals surface area contributed by atoms with Crippen LogP contribution in [-0.2, 0) is 30.3 Å². The van der Waals surface area contributed by atoms with Gasteiger partial charge in [-0.05, 0) is 25.8 Å². The summed E-state index contributed by atoms with van der Waals surface area (Å²) in [5.74, 6) is -2.30. The molecule has 59 heavy (non-hydrogen) atoms. The molecule has 8 nitrogen and oxygen atoms in total. The highest BCUT2D eigenvalue weighted by Gasteiger charge is 2.39. The number of hydrogen-bond acceptors (Lipinski definition) is 8. The molecule has 3 atom stereocenters. The smallest absolute Gasteiger partial charge is 0.342 e. The Morgan fingerprint density at radius 2 is 1.08 bits per heavy atom. The Kier molecular flexibility index (Phi) is 26.4. The number of cyclic esters (lactones) is 1. The number of hydrogen-bond donors (Lipinski definition) is 0. The highest BCUT2D eigenvalue weighted by molar-refractivity contribution is 6.34. The molecule has 3 rings (SSSR count). The second kappa shape index (κ2) is 31.0. The van der Waals surface area contributed by atoms with Crippen LogP contribution in [0.25, 0.3) is 0 Å². The lowest BCUT2D eigenvalue weighted by Gasteiger charge is -2.20. The van der Waals surface area contributed by atoms with Crippen molar-refractivity contribution < 1.29 is 38.1 Å². The van der Waals surface area contributed by atoms with Gasteiger partial charge in [0.05, 0.1) is 11.1 Å². The number of fused-ring (bicyclic) bond motifs is 2. The molecule has 332 valence electrons. The van der Waals surface area contributed by atoms with E-state index in [9.17, 15) is 19.2 Å². The fourth-order valence-electron chi connectivity index (χ4n) is 7.83. The molecule has 9 heteroatoms. The first-order valence-corrected chi connectivity index (χ1v) is 24.1. The number of epoxide rings is 1. The van der Waals surface area contributed by atoms with E-state index >= 15 is 0 Å². The average molecular weight is 842 g/mol. The highest BCUT2D eigenvalue weighted by atomic mass is 35.5. The summed E-state index contributed by atoms with van der Waals surface area (Å²) in [6.45, 7) is 6.26. The van der Waals surface area contributed by atoms with Crippen molar-refractivity contribution in [2.75, 3.05) is 0 Å². The molecular formula is C50H77ClO8. The van der Waals surface area contributed by atoms with Crippen molar-refractivity contribution in [2.45, 2.75) is 232 Å². The molecule has 0 bridgehead atoms. The molecule has 0 spiro atoms. The van der Waals surface area contributed by atoms with Gasteiger partial charge in [0.1, 0.15) is 23.5 Å². The van der Waals surface area contributed by atoms with Crippen LogP contribution in [-0.4, -0.2) is 42.0 Å². The van der Waals surface area contributed by atoms with Gasteiger partial charge >= 0.3 is 17.9 Å². The number of carbonyl (C=O) groups is 4. The normalized spacial score (nSPS) is 18.9. The van der Waals surface area contributed by atoms with E-state index in [2.05, 4.69) is 13.8 Å². The van der Waals surface area contributed by atoms with Crippen molar-refractivity contribution in [2.24, 2.45) is 0 Å². The van der Waals surface area contributed by atoms with Crippen LogP contribution in [0.3, 0.4) is 0 Å². The van der Waals surface area contributed by atoms with Crippen LogP contribution in [0.5, 0.6) is 11.5 Å². The first kappa shape index (κ1) is 50.4. The van der Waals surface area contributed by atoms with Crippen molar-refractivity contribution in [3.8, 4) is 11.5 Å². The third kappa shape index (κ3) is 21.9. The number of allylic oxidation sites excluding steroid dienone is 3. The molecule has 1 fully saturated rings. The molecule has 0 amide bonds. The minimum atomic E-state index is -0.774. The van der Waals surface area contributed by atoms with Crippen LogP contribution in [0.15, 0.2) is 30.4 Å². The van der Waals surface area contributed by atoms with Crippen LogP contribution in [0.1, 0.15) is 223 Å². The van der Waals surface area contributed by atoms with Crippen LogP contribution >= 0.6 is 11.6 Å². The molecule has 2 heterocycles. The number of ketones is 1. The summed E-state index contributed by atoms with van der Waals surface area (Å²) in [6, 6.07) is 1.32. The fraction of sp³-hybridized carbons (Fsp3) is 0.720. The molecule has 1 aromatic carbocycles. The lowest BCUT2D eigenvalue weighted by Crippen LogP contribution is -2.22. The average Bonchev–Trinajstić information content (AvgIpc) is 3.95. The van der Waals surface area contributed by atoms with Gasteiger partial charge in [0, 0.05) is 37.3 Å². The Bertz CT molecular complexity index is 1450. The van der Waals surface area contributed by atoms with Gasteiger partial charge in [-0.1, -0.05) is 198 Å². The van der Waals surface area contributed by atoms with E-state index in [4.69, 9.17) is 30.5 Å². The topological polar surface area (TPSA) is 108 Å². The zero-order chi connectivity index (χ0) is 42.5.